The molecule has 0 radical (unpaired) electrons. The van der Waals surface area contributed by atoms with Crippen molar-refractivity contribution < 1.29 is 14.4 Å². The van der Waals surface area contributed by atoms with Crippen LogP contribution < -0.4 is 5.73 Å². The molecule has 0 atom stereocenters. The van der Waals surface area contributed by atoms with Crippen LogP contribution in [0.5, 0.6) is 0 Å². The number of urea groups is 1. The van der Waals surface area contributed by atoms with Crippen molar-refractivity contribution in [1.29, 1.82) is 0 Å². The van der Waals surface area contributed by atoms with E-state index in [-0.39, 0.29) is 10.8 Å². The minimum Gasteiger partial charge on any atom is -0.351 e. The number of hydrogen-bond acceptors (Lipinski definition) is 3. The van der Waals surface area contributed by atoms with Gasteiger partial charge in [0.15, 0.2) is 0 Å². The van der Waals surface area contributed by atoms with Crippen molar-refractivity contribution in [3.8, 4) is 0 Å². The lowest BCUT2D eigenvalue weighted by molar-refractivity contribution is -0.134. The van der Waals surface area contributed by atoms with Gasteiger partial charge in [0.05, 0.1) is 0 Å². The van der Waals surface area contributed by atoms with Crippen LogP contribution in [0.2, 0.25) is 0 Å². The van der Waals surface area contributed by atoms with Gasteiger partial charge in [-0.2, -0.15) is 4.90 Å². The number of imide groups is 3. The summed E-state index contributed by atoms with van der Waals surface area (Å²) in [5, 5.41) is 0. The van der Waals surface area contributed by atoms with Gasteiger partial charge in [-0.15, -0.1) is 0 Å². The van der Waals surface area contributed by atoms with E-state index in [0.717, 1.165) is 0 Å². The highest BCUT2D eigenvalue weighted by Crippen LogP contribution is 2.36. The molecule has 2 N–H and O–H groups in total. The van der Waals surface area contributed by atoms with Crippen molar-refractivity contribution in [3.05, 3.63) is 11.1 Å². The second-order valence-electron chi connectivity index (χ2n) is 7.72. The van der Waals surface area contributed by atoms with E-state index in [1.165, 1.54) is 0 Å². The normalized spacial score (nSPS) is 17.2. The molecule has 1 heterocycles. The topological polar surface area (TPSA) is 80.5 Å². The summed E-state index contributed by atoms with van der Waals surface area (Å²) >= 11 is 0. The summed E-state index contributed by atoms with van der Waals surface area (Å²) < 4.78 is 0. The second-order valence-corrected chi connectivity index (χ2v) is 7.72. The Kier molecular flexibility index (Phi) is 4.13. The molecule has 1 aliphatic heterocycles. The Morgan fingerprint density at radius 2 is 1.20 bits per heavy atom. The molecule has 0 aromatic heterocycles. The van der Waals surface area contributed by atoms with Crippen molar-refractivity contribution in [2.24, 2.45) is 16.6 Å². The molecular weight excluding hydrogens is 256 g/mol. The zero-order chi connectivity index (χ0) is 15.9. The number of nitrogens with zero attached hydrogens (tertiary/aromatic N) is 1. The highest BCUT2D eigenvalue weighted by atomic mass is 16.2. The third kappa shape index (κ3) is 3.68. The second kappa shape index (κ2) is 5.04. The molecule has 0 spiro atoms. The van der Waals surface area contributed by atoms with E-state index in [1.807, 2.05) is 41.5 Å². The van der Waals surface area contributed by atoms with E-state index in [1.54, 1.807) is 0 Å². The summed E-state index contributed by atoms with van der Waals surface area (Å²) in [6.07, 6.45) is 0.902. The van der Waals surface area contributed by atoms with Crippen molar-refractivity contribution in [2.75, 3.05) is 0 Å². The third-order valence-corrected chi connectivity index (χ3v) is 2.92. The number of rotatable bonds is 2. The number of hydrogen-bond donors (Lipinski definition) is 1. The summed E-state index contributed by atoms with van der Waals surface area (Å²) in [6.45, 7) is 11.9. The van der Waals surface area contributed by atoms with Gasteiger partial charge in [-0.05, 0) is 23.7 Å². The molecule has 20 heavy (non-hydrogen) atoms. The van der Waals surface area contributed by atoms with Crippen LogP contribution in [-0.4, -0.2) is 22.7 Å². The number of primary amides is 1. The van der Waals surface area contributed by atoms with Gasteiger partial charge in [0.1, 0.15) is 0 Å². The maximum absolute atomic E-state index is 12.3. The van der Waals surface area contributed by atoms with Crippen LogP contribution in [0.4, 0.5) is 4.79 Å². The molecule has 5 heteroatoms. The molecule has 0 fully saturated rings. The molecule has 0 aromatic rings. The van der Waals surface area contributed by atoms with Gasteiger partial charge in [0, 0.05) is 11.1 Å². The summed E-state index contributed by atoms with van der Waals surface area (Å²) in [7, 11) is 0. The molecule has 0 unspecified atom stereocenters. The Morgan fingerprint density at radius 3 is 1.40 bits per heavy atom. The fourth-order valence-corrected chi connectivity index (χ4v) is 2.25. The molecule has 1 aliphatic rings. The Bertz CT molecular complexity index is 452. The lowest BCUT2D eigenvalue weighted by Gasteiger charge is -2.21. The molecule has 0 aromatic carbocycles. The molecule has 0 bridgehead atoms. The van der Waals surface area contributed by atoms with E-state index >= 15 is 0 Å². The van der Waals surface area contributed by atoms with E-state index in [4.69, 9.17) is 5.73 Å². The SMILES string of the molecule is CC(C)(C)CC1=C(CC(C)(C)C)C(=O)N(C(N)=O)C1=O. The Balaban J connectivity index is 3.27. The molecule has 0 aliphatic carbocycles. The van der Waals surface area contributed by atoms with Crippen LogP contribution >= 0.6 is 0 Å². The first kappa shape index (κ1) is 16.4. The summed E-state index contributed by atoms with van der Waals surface area (Å²) in [4.78, 5) is 36.4. The minimum absolute atomic E-state index is 0.151. The standard InChI is InChI=1S/C15H24N2O3/c1-14(2,3)7-9-10(8-15(4,5)6)12(19)17(11(9)18)13(16)20/h7-8H2,1-6H3,(H2,16,20). The van der Waals surface area contributed by atoms with Gasteiger partial charge in [-0.3, -0.25) is 9.59 Å². The van der Waals surface area contributed by atoms with Crippen molar-refractivity contribution in [2.45, 2.75) is 54.4 Å². The quantitative estimate of drug-likeness (QED) is 0.789. The highest BCUT2D eigenvalue weighted by molar-refractivity contribution is 6.26. The maximum atomic E-state index is 12.3. The molecule has 0 saturated carbocycles. The van der Waals surface area contributed by atoms with Crippen LogP contribution in [-0.2, 0) is 9.59 Å². The van der Waals surface area contributed by atoms with E-state index in [9.17, 15) is 14.4 Å². The summed E-state index contributed by atoms with van der Waals surface area (Å²) in [5.74, 6) is -1.12. The Morgan fingerprint density at radius 1 is 0.900 bits per heavy atom. The monoisotopic (exact) mass is 280 g/mol. The summed E-state index contributed by atoms with van der Waals surface area (Å²) in [6, 6.07) is -1.00. The first-order chi connectivity index (χ1) is 8.83. The average molecular weight is 280 g/mol. The van der Waals surface area contributed by atoms with Gasteiger partial charge in [0.2, 0.25) is 0 Å². The fraction of sp³-hybridized carbons (Fsp3) is 0.667. The predicted octanol–water partition coefficient (Wildman–Crippen LogP) is 2.60. The first-order valence-electron chi connectivity index (χ1n) is 6.74. The van der Waals surface area contributed by atoms with Crippen molar-refractivity contribution in [3.63, 3.8) is 0 Å². The summed E-state index contributed by atoms with van der Waals surface area (Å²) in [5.41, 5.74) is 5.70. The van der Waals surface area contributed by atoms with E-state index in [2.05, 4.69) is 0 Å². The van der Waals surface area contributed by atoms with Gasteiger partial charge in [-0.1, -0.05) is 41.5 Å². The van der Waals surface area contributed by atoms with E-state index < -0.39 is 17.8 Å². The third-order valence-electron chi connectivity index (χ3n) is 2.92. The number of amides is 4. The van der Waals surface area contributed by atoms with E-state index in [0.29, 0.717) is 28.9 Å². The highest BCUT2D eigenvalue weighted by Gasteiger charge is 2.42. The molecule has 0 saturated heterocycles. The Hall–Kier alpha value is -1.65. The van der Waals surface area contributed by atoms with Crippen LogP contribution in [0, 0.1) is 10.8 Å². The largest absolute Gasteiger partial charge is 0.351 e. The lowest BCUT2D eigenvalue weighted by Crippen LogP contribution is -2.41. The van der Waals surface area contributed by atoms with Crippen molar-refractivity contribution >= 4 is 17.8 Å². The molecule has 4 amide bonds. The molecule has 1 rings (SSSR count). The smallest absolute Gasteiger partial charge is 0.328 e. The van der Waals surface area contributed by atoms with Crippen LogP contribution in [0.3, 0.4) is 0 Å². The van der Waals surface area contributed by atoms with Crippen LogP contribution in [0.15, 0.2) is 11.1 Å². The van der Waals surface area contributed by atoms with Gasteiger partial charge >= 0.3 is 6.03 Å². The maximum Gasteiger partial charge on any atom is 0.328 e. The predicted molar refractivity (Wildman–Crippen MR) is 76.6 cm³/mol. The van der Waals surface area contributed by atoms with Crippen LogP contribution in [0.25, 0.3) is 0 Å². The Labute approximate surface area is 120 Å². The zero-order valence-electron chi connectivity index (χ0n) is 13.2. The minimum atomic E-state index is -1.00. The fourth-order valence-electron chi connectivity index (χ4n) is 2.25. The van der Waals surface area contributed by atoms with Gasteiger partial charge < -0.3 is 5.73 Å². The van der Waals surface area contributed by atoms with Crippen molar-refractivity contribution in [1.82, 2.24) is 4.90 Å². The van der Waals surface area contributed by atoms with Gasteiger partial charge in [0.25, 0.3) is 11.8 Å². The lowest BCUT2D eigenvalue weighted by atomic mass is 9.82. The molecule has 112 valence electrons. The number of carbonyl (C=O) groups excluding carboxylic acids is 3. The molecular formula is C15H24N2O3. The number of carbonyl (C=O) groups is 3. The zero-order valence-corrected chi connectivity index (χ0v) is 13.2. The van der Waals surface area contributed by atoms with Crippen LogP contribution in [0.1, 0.15) is 54.4 Å². The number of nitrogens with two attached hydrogens (primary N) is 1. The van der Waals surface area contributed by atoms with Gasteiger partial charge in [-0.25, -0.2) is 4.79 Å². The average Bonchev–Trinajstić information content (AvgIpc) is 2.38. The molecule has 5 nitrogen and oxygen atoms in total. The first-order valence-corrected chi connectivity index (χ1v) is 6.74.